The highest BCUT2D eigenvalue weighted by Crippen LogP contribution is 2.35. The van der Waals surface area contributed by atoms with Crippen molar-refractivity contribution < 1.29 is 22.4 Å². The van der Waals surface area contributed by atoms with E-state index >= 15 is 0 Å². The molecule has 5 rings (SSSR count). The van der Waals surface area contributed by atoms with Crippen molar-refractivity contribution in [2.24, 2.45) is 0 Å². The number of hydrogen-bond acceptors (Lipinski definition) is 6. The highest BCUT2D eigenvalue weighted by molar-refractivity contribution is 5.95. The third kappa shape index (κ3) is 4.69. The molecule has 1 aromatic carbocycles. The number of rotatable bonds is 5. The number of aryl methyl sites for hydroxylation is 1. The lowest BCUT2D eigenvalue weighted by atomic mass is 10.0. The van der Waals surface area contributed by atoms with Crippen molar-refractivity contribution in [1.82, 2.24) is 30.1 Å². The van der Waals surface area contributed by atoms with Crippen molar-refractivity contribution in [2.75, 3.05) is 18.0 Å². The zero-order chi connectivity index (χ0) is 24.7. The molecule has 0 unspecified atom stereocenters. The molecule has 1 aliphatic carbocycles. The number of alkyl halides is 3. The van der Waals surface area contributed by atoms with Gasteiger partial charge in [-0.25, -0.2) is 9.37 Å². The van der Waals surface area contributed by atoms with E-state index in [0.29, 0.717) is 49.6 Å². The lowest BCUT2D eigenvalue weighted by Crippen LogP contribution is -2.48. The van der Waals surface area contributed by atoms with E-state index in [1.165, 1.54) is 0 Å². The van der Waals surface area contributed by atoms with Gasteiger partial charge in [-0.05, 0) is 73.4 Å². The summed E-state index contributed by atoms with van der Waals surface area (Å²) in [5.41, 5.74) is 0.200. The van der Waals surface area contributed by atoms with Gasteiger partial charge in [-0.2, -0.15) is 17.9 Å². The van der Waals surface area contributed by atoms with E-state index in [1.54, 1.807) is 40.8 Å². The quantitative estimate of drug-likeness (QED) is 0.508. The zero-order valence-corrected chi connectivity index (χ0v) is 18.9. The smallest absolute Gasteiger partial charge is 0.354 e. The first kappa shape index (κ1) is 23.2. The van der Waals surface area contributed by atoms with Crippen LogP contribution >= 0.6 is 0 Å². The Balaban J connectivity index is 1.27. The fraction of sp³-hybridized carbons (Fsp3) is 0.435. The number of benzene rings is 1. The van der Waals surface area contributed by atoms with Gasteiger partial charge in [-0.15, -0.1) is 5.10 Å². The van der Waals surface area contributed by atoms with Gasteiger partial charge < -0.3 is 9.80 Å². The fourth-order valence-electron chi connectivity index (χ4n) is 4.52. The topological polar surface area (TPSA) is 80.0 Å². The summed E-state index contributed by atoms with van der Waals surface area (Å²) in [6.07, 6.45) is -0.969. The second-order valence-electron chi connectivity index (χ2n) is 8.87. The van der Waals surface area contributed by atoms with Crippen LogP contribution in [-0.4, -0.2) is 61.2 Å². The Labute approximate surface area is 198 Å². The van der Waals surface area contributed by atoms with E-state index in [9.17, 15) is 22.4 Å². The third-order valence-electron chi connectivity index (χ3n) is 6.47. The Morgan fingerprint density at radius 2 is 1.71 bits per heavy atom. The lowest BCUT2D eigenvalue weighted by molar-refractivity contribution is -0.138. The van der Waals surface area contributed by atoms with E-state index in [1.807, 2.05) is 4.90 Å². The van der Waals surface area contributed by atoms with Crippen LogP contribution in [0.4, 0.5) is 23.4 Å². The SMILES string of the molecule is Cc1nnnn1-c1ccc(C(=O)N(C2CC2)C2CCN(c3ncc(C(F)(F)F)cc3F)CC2)cc1. The second kappa shape index (κ2) is 8.90. The molecule has 1 aliphatic heterocycles. The van der Waals surface area contributed by atoms with Crippen molar-refractivity contribution in [3.8, 4) is 5.69 Å². The average Bonchev–Trinajstić information content (AvgIpc) is 3.58. The monoisotopic (exact) mass is 489 g/mol. The van der Waals surface area contributed by atoms with Gasteiger partial charge >= 0.3 is 6.18 Å². The van der Waals surface area contributed by atoms with Crippen molar-refractivity contribution >= 4 is 11.7 Å². The zero-order valence-electron chi connectivity index (χ0n) is 18.9. The Bertz CT molecular complexity index is 1220. The molecule has 35 heavy (non-hydrogen) atoms. The number of nitrogens with zero attached hydrogens (tertiary/aromatic N) is 7. The number of carbonyl (C=O) groups is 1. The molecule has 0 atom stereocenters. The summed E-state index contributed by atoms with van der Waals surface area (Å²) in [7, 11) is 0. The summed E-state index contributed by atoms with van der Waals surface area (Å²) < 4.78 is 54.4. The summed E-state index contributed by atoms with van der Waals surface area (Å²) in [6.45, 7) is 2.58. The first-order chi connectivity index (χ1) is 16.7. The summed E-state index contributed by atoms with van der Waals surface area (Å²) in [4.78, 5) is 20.7. The standard InChI is InChI=1S/C23H23F4N7O/c1-14-29-30-31-34(14)19-4-2-15(3-5-19)22(35)33(17-6-7-17)18-8-10-32(11-9-18)21-20(24)12-16(13-28-21)23(25,26)27/h2-5,12-13,17-18H,6-11H2,1H3. The lowest BCUT2D eigenvalue weighted by Gasteiger charge is -2.39. The van der Waals surface area contributed by atoms with Crippen LogP contribution in [0.1, 0.15) is 47.4 Å². The molecule has 0 radical (unpaired) electrons. The molecular weight excluding hydrogens is 466 g/mol. The van der Waals surface area contributed by atoms with Gasteiger partial charge in [0.1, 0.15) is 0 Å². The summed E-state index contributed by atoms with van der Waals surface area (Å²) in [6, 6.07) is 7.71. The number of tetrazole rings is 1. The van der Waals surface area contributed by atoms with Crippen LogP contribution < -0.4 is 4.90 Å². The highest BCUT2D eigenvalue weighted by atomic mass is 19.4. The minimum absolute atomic E-state index is 0.0369. The van der Waals surface area contributed by atoms with Crippen molar-refractivity contribution in [1.29, 1.82) is 0 Å². The highest BCUT2D eigenvalue weighted by Gasteiger charge is 2.39. The normalized spacial score (nSPS) is 17.0. The summed E-state index contributed by atoms with van der Waals surface area (Å²) in [5, 5.41) is 11.4. The molecule has 0 N–H and O–H groups in total. The van der Waals surface area contributed by atoms with Crippen LogP contribution in [0.3, 0.4) is 0 Å². The first-order valence-corrected chi connectivity index (χ1v) is 11.4. The average molecular weight is 489 g/mol. The molecule has 1 amide bonds. The second-order valence-corrected chi connectivity index (χ2v) is 8.87. The molecule has 1 saturated carbocycles. The Kier molecular flexibility index (Phi) is 5.89. The molecule has 0 spiro atoms. The number of piperidine rings is 1. The van der Waals surface area contributed by atoms with Crippen LogP contribution in [0, 0.1) is 12.7 Å². The molecule has 184 valence electrons. The van der Waals surface area contributed by atoms with Crippen LogP contribution in [0.5, 0.6) is 0 Å². The van der Waals surface area contributed by atoms with Crippen LogP contribution in [-0.2, 0) is 6.18 Å². The summed E-state index contributed by atoms with van der Waals surface area (Å²) in [5.74, 6) is -0.514. The van der Waals surface area contributed by atoms with E-state index in [4.69, 9.17) is 0 Å². The predicted octanol–water partition coefficient (Wildman–Crippen LogP) is 3.80. The van der Waals surface area contributed by atoms with Gasteiger partial charge in [0.25, 0.3) is 5.91 Å². The molecule has 3 heterocycles. The number of halogens is 4. The minimum atomic E-state index is -4.65. The Morgan fingerprint density at radius 1 is 1.06 bits per heavy atom. The van der Waals surface area contributed by atoms with Gasteiger partial charge in [-0.1, -0.05) is 0 Å². The predicted molar refractivity (Wildman–Crippen MR) is 118 cm³/mol. The number of hydrogen-bond donors (Lipinski definition) is 0. The van der Waals surface area contributed by atoms with E-state index in [2.05, 4.69) is 20.5 Å². The molecule has 1 saturated heterocycles. The van der Waals surface area contributed by atoms with Gasteiger partial charge in [0.2, 0.25) is 0 Å². The molecule has 0 bridgehead atoms. The molecule has 3 aromatic rings. The van der Waals surface area contributed by atoms with Crippen molar-refractivity contribution in [3.63, 3.8) is 0 Å². The van der Waals surface area contributed by atoms with Gasteiger partial charge in [0, 0.05) is 36.9 Å². The summed E-state index contributed by atoms with van der Waals surface area (Å²) >= 11 is 0. The van der Waals surface area contributed by atoms with Crippen molar-refractivity contribution in [3.05, 3.63) is 59.3 Å². The van der Waals surface area contributed by atoms with Crippen LogP contribution in [0.25, 0.3) is 5.69 Å². The van der Waals surface area contributed by atoms with E-state index in [0.717, 1.165) is 18.5 Å². The van der Waals surface area contributed by atoms with Crippen LogP contribution in [0.2, 0.25) is 0 Å². The van der Waals surface area contributed by atoms with Gasteiger partial charge in [0.15, 0.2) is 17.5 Å². The maximum Gasteiger partial charge on any atom is 0.417 e. The van der Waals surface area contributed by atoms with Gasteiger partial charge in [-0.3, -0.25) is 4.79 Å². The Morgan fingerprint density at radius 3 is 2.26 bits per heavy atom. The molecule has 2 fully saturated rings. The molecule has 2 aromatic heterocycles. The number of carbonyl (C=O) groups excluding carboxylic acids is 1. The molecule has 2 aliphatic rings. The number of anilines is 1. The maximum absolute atomic E-state index is 14.4. The van der Waals surface area contributed by atoms with Crippen LogP contribution in [0.15, 0.2) is 36.5 Å². The largest absolute Gasteiger partial charge is 0.417 e. The minimum Gasteiger partial charge on any atom is -0.354 e. The first-order valence-electron chi connectivity index (χ1n) is 11.4. The number of pyridine rings is 1. The van der Waals surface area contributed by atoms with Gasteiger partial charge in [0.05, 0.1) is 11.3 Å². The molecule has 12 heteroatoms. The Hall–Kier alpha value is -3.57. The maximum atomic E-state index is 14.4. The third-order valence-corrected chi connectivity index (χ3v) is 6.47. The number of aromatic nitrogens is 5. The number of amides is 1. The molecule has 8 nitrogen and oxygen atoms in total. The fourth-order valence-corrected chi connectivity index (χ4v) is 4.52. The van der Waals surface area contributed by atoms with E-state index in [-0.39, 0.29) is 23.8 Å². The van der Waals surface area contributed by atoms with E-state index < -0.39 is 17.6 Å². The molecular formula is C23H23F4N7O. The van der Waals surface area contributed by atoms with Crippen molar-refractivity contribution in [2.45, 2.75) is 50.9 Å².